The number of nitrogens with zero attached hydrogens (tertiary/aromatic N) is 2. The van der Waals surface area contributed by atoms with E-state index in [2.05, 4.69) is 12.0 Å². The van der Waals surface area contributed by atoms with Crippen molar-refractivity contribution >= 4 is 23.2 Å². The van der Waals surface area contributed by atoms with Crippen LogP contribution < -0.4 is 5.73 Å². The van der Waals surface area contributed by atoms with Gasteiger partial charge in [0.2, 0.25) is 0 Å². The zero-order valence-corrected chi connectivity index (χ0v) is 12.3. The zero-order valence-electron chi connectivity index (χ0n) is 10.8. The third kappa shape index (κ3) is 3.72. The summed E-state index contributed by atoms with van der Waals surface area (Å²) in [5.74, 6) is 0. The average Bonchev–Trinajstić information content (AvgIpc) is 2.81. The molecule has 0 radical (unpaired) electrons. The maximum atomic E-state index is 6.17. The summed E-state index contributed by atoms with van der Waals surface area (Å²) in [7, 11) is 0. The number of aryl methyl sites for hydroxylation is 1. The summed E-state index contributed by atoms with van der Waals surface area (Å²) in [6, 6.07) is 5.49. The molecule has 0 aliphatic rings. The number of nitrogens with two attached hydrogens (primary N) is 1. The van der Waals surface area contributed by atoms with Gasteiger partial charge in [0.1, 0.15) is 0 Å². The quantitative estimate of drug-likeness (QED) is 0.920. The van der Waals surface area contributed by atoms with Crippen LogP contribution in [0.4, 0.5) is 0 Å². The fraction of sp³-hybridized carbons (Fsp3) is 0.357. The fourth-order valence-electron chi connectivity index (χ4n) is 2.05. The van der Waals surface area contributed by atoms with E-state index in [4.69, 9.17) is 28.9 Å². The van der Waals surface area contributed by atoms with E-state index >= 15 is 0 Å². The van der Waals surface area contributed by atoms with Gasteiger partial charge in [-0.05, 0) is 43.0 Å². The van der Waals surface area contributed by atoms with E-state index in [0.717, 1.165) is 24.1 Å². The summed E-state index contributed by atoms with van der Waals surface area (Å²) in [5.41, 5.74) is 8.23. The molecule has 0 aliphatic heterocycles. The van der Waals surface area contributed by atoms with Crippen molar-refractivity contribution in [3.8, 4) is 0 Å². The van der Waals surface area contributed by atoms with Gasteiger partial charge in [0, 0.05) is 28.8 Å². The van der Waals surface area contributed by atoms with E-state index in [-0.39, 0.29) is 6.04 Å². The fourth-order valence-corrected chi connectivity index (χ4v) is 2.60. The lowest BCUT2D eigenvalue weighted by Crippen LogP contribution is -2.25. The van der Waals surface area contributed by atoms with Crippen LogP contribution in [0.2, 0.25) is 10.0 Å². The van der Waals surface area contributed by atoms with Crippen molar-refractivity contribution in [1.82, 2.24) is 9.78 Å². The van der Waals surface area contributed by atoms with Crippen LogP contribution in [0.1, 0.15) is 18.1 Å². The molecule has 19 heavy (non-hydrogen) atoms. The molecule has 0 spiro atoms. The number of rotatable bonds is 5. The van der Waals surface area contributed by atoms with Crippen LogP contribution >= 0.6 is 23.2 Å². The van der Waals surface area contributed by atoms with Crippen molar-refractivity contribution < 1.29 is 0 Å². The van der Waals surface area contributed by atoms with Crippen LogP contribution in [-0.2, 0) is 19.4 Å². The molecular formula is C14H17Cl2N3. The van der Waals surface area contributed by atoms with E-state index in [9.17, 15) is 0 Å². The van der Waals surface area contributed by atoms with E-state index < -0.39 is 0 Å². The van der Waals surface area contributed by atoms with E-state index in [1.54, 1.807) is 0 Å². The normalized spacial score (nSPS) is 12.6. The predicted molar refractivity (Wildman–Crippen MR) is 79.7 cm³/mol. The monoisotopic (exact) mass is 297 g/mol. The Morgan fingerprint density at radius 1 is 1.26 bits per heavy atom. The molecule has 1 heterocycles. The minimum Gasteiger partial charge on any atom is -0.327 e. The maximum Gasteiger partial charge on any atom is 0.0522 e. The van der Waals surface area contributed by atoms with E-state index in [0.29, 0.717) is 16.5 Å². The molecule has 0 fully saturated rings. The second-order valence-corrected chi connectivity index (χ2v) is 5.39. The summed E-state index contributed by atoms with van der Waals surface area (Å²) in [5, 5.41) is 5.59. The maximum absolute atomic E-state index is 6.17. The van der Waals surface area contributed by atoms with E-state index in [1.807, 2.05) is 35.3 Å². The molecule has 0 saturated heterocycles. The topological polar surface area (TPSA) is 43.8 Å². The van der Waals surface area contributed by atoms with Gasteiger partial charge in [0.15, 0.2) is 0 Å². The Balaban J connectivity index is 2.03. The lowest BCUT2D eigenvalue weighted by molar-refractivity contribution is 0.651. The molecule has 0 amide bonds. The van der Waals surface area contributed by atoms with Crippen molar-refractivity contribution in [2.75, 3.05) is 0 Å². The summed E-state index contributed by atoms with van der Waals surface area (Å²) in [6.45, 7) is 2.92. The number of hydrogen-bond donors (Lipinski definition) is 1. The molecule has 0 saturated carbocycles. The molecule has 2 N–H and O–H groups in total. The second kappa shape index (κ2) is 6.42. The molecular weight excluding hydrogens is 281 g/mol. The van der Waals surface area contributed by atoms with Crippen molar-refractivity contribution in [3.63, 3.8) is 0 Å². The molecule has 2 aromatic rings. The van der Waals surface area contributed by atoms with Crippen molar-refractivity contribution in [3.05, 3.63) is 51.8 Å². The lowest BCUT2D eigenvalue weighted by atomic mass is 10.0. The molecule has 0 aliphatic carbocycles. The number of benzene rings is 1. The van der Waals surface area contributed by atoms with Gasteiger partial charge in [-0.25, -0.2) is 0 Å². The van der Waals surface area contributed by atoms with Crippen molar-refractivity contribution in [2.45, 2.75) is 32.4 Å². The molecule has 1 aromatic heterocycles. The molecule has 1 unspecified atom stereocenters. The summed E-state index contributed by atoms with van der Waals surface area (Å²) < 4.78 is 1.89. The highest BCUT2D eigenvalue weighted by molar-refractivity contribution is 6.35. The molecule has 1 atom stereocenters. The van der Waals surface area contributed by atoms with Gasteiger partial charge in [-0.15, -0.1) is 0 Å². The Morgan fingerprint density at radius 2 is 1.95 bits per heavy atom. The smallest absolute Gasteiger partial charge is 0.0522 e. The van der Waals surface area contributed by atoms with Gasteiger partial charge in [-0.1, -0.05) is 29.3 Å². The SMILES string of the molecule is CCn1cc(CC(N)Cc2c(Cl)cccc2Cl)cn1. The zero-order chi connectivity index (χ0) is 13.8. The van der Waals surface area contributed by atoms with E-state index in [1.165, 1.54) is 0 Å². The molecule has 0 bridgehead atoms. The highest BCUT2D eigenvalue weighted by atomic mass is 35.5. The van der Waals surface area contributed by atoms with Crippen molar-refractivity contribution in [1.29, 1.82) is 0 Å². The molecule has 2 rings (SSSR count). The van der Waals surface area contributed by atoms with Crippen LogP contribution in [0.15, 0.2) is 30.6 Å². The average molecular weight is 298 g/mol. The third-order valence-corrected chi connectivity index (χ3v) is 3.74. The number of hydrogen-bond acceptors (Lipinski definition) is 2. The van der Waals surface area contributed by atoms with Crippen LogP contribution in [0.25, 0.3) is 0 Å². The van der Waals surface area contributed by atoms with Gasteiger partial charge < -0.3 is 5.73 Å². The first-order valence-corrected chi connectivity index (χ1v) is 7.05. The molecule has 102 valence electrons. The highest BCUT2D eigenvalue weighted by Crippen LogP contribution is 2.25. The van der Waals surface area contributed by atoms with Gasteiger partial charge in [-0.3, -0.25) is 4.68 Å². The lowest BCUT2D eigenvalue weighted by Gasteiger charge is -2.13. The summed E-state index contributed by atoms with van der Waals surface area (Å²) in [4.78, 5) is 0. The third-order valence-electron chi connectivity index (χ3n) is 3.04. The Labute approximate surface area is 123 Å². The Kier molecular flexibility index (Phi) is 4.86. The van der Waals surface area contributed by atoms with Gasteiger partial charge in [-0.2, -0.15) is 5.10 Å². The molecule has 3 nitrogen and oxygen atoms in total. The molecule has 1 aromatic carbocycles. The first-order chi connectivity index (χ1) is 9.10. The molecule has 5 heteroatoms. The number of halogens is 2. The largest absolute Gasteiger partial charge is 0.327 e. The minimum absolute atomic E-state index is 0.0214. The Morgan fingerprint density at radius 3 is 2.53 bits per heavy atom. The summed E-state index contributed by atoms with van der Waals surface area (Å²) in [6.07, 6.45) is 5.31. The minimum atomic E-state index is -0.0214. The standard InChI is InChI=1S/C14H17Cl2N3/c1-2-19-9-10(8-18-19)6-11(17)7-12-13(15)4-3-5-14(12)16/h3-5,8-9,11H,2,6-7,17H2,1H3. The van der Waals surface area contributed by atoms with Crippen LogP contribution in [-0.4, -0.2) is 15.8 Å². The first kappa shape index (κ1) is 14.4. The van der Waals surface area contributed by atoms with Gasteiger partial charge in [0.25, 0.3) is 0 Å². The van der Waals surface area contributed by atoms with Crippen LogP contribution in [0, 0.1) is 0 Å². The Hall–Kier alpha value is -1.03. The number of aromatic nitrogens is 2. The van der Waals surface area contributed by atoms with Gasteiger partial charge >= 0.3 is 0 Å². The second-order valence-electron chi connectivity index (χ2n) is 4.57. The summed E-state index contributed by atoms with van der Waals surface area (Å²) >= 11 is 12.3. The van der Waals surface area contributed by atoms with Crippen LogP contribution in [0.3, 0.4) is 0 Å². The van der Waals surface area contributed by atoms with Crippen LogP contribution in [0.5, 0.6) is 0 Å². The first-order valence-electron chi connectivity index (χ1n) is 6.30. The Bertz CT molecular complexity index is 531. The highest BCUT2D eigenvalue weighted by Gasteiger charge is 2.12. The van der Waals surface area contributed by atoms with Crippen molar-refractivity contribution in [2.24, 2.45) is 5.73 Å². The van der Waals surface area contributed by atoms with Gasteiger partial charge in [0.05, 0.1) is 6.20 Å². The predicted octanol–water partition coefficient (Wildman–Crippen LogP) is 3.32.